The highest BCUT2D eigenvalue weighted by molar-refractivity contribution is 5.95. The van der Waals surface area contributed by atoms with Crippen molar-refractivity contribution in [1.29, 1.82) is 0 Å². The normalized spacial score (nSPS) is 15.9. The Bertz CT molecular complexity index is 906. The van der Waals surface area contributed by atoms with Crippen LogP contribution in [0.4, 0.5) is 6.01 Å². The number of anilines is 1. The molecule has 0 radical (unpaired) electrons. The summed E-state index contributed by atoms with van der Waals surface area (Å²) in [6, 6.07) is 2.37. The quantitative estimate of drug-likeness (QED) is 0.534. The summed E-state index contributed by atoms with van der Waals surface area (Å²) in [6.07, 6.45) is 4.17. The molecule has 3 heterocycles. The van der Waals surface area contributed by atoms with E-state index in [2.05, 4.69) is 33.9 Å². The highest BCUT2D eigenvalue weighted by Crippen LogP contribution is 2.27. The third kappa shape index (κ3) is 5.76. The number of rotatable bonds is 10. The average Bonchev–Trinajstić information content (AvgIpc) is 3.26. The van der Waals surface area contributed by atoms with E-state index in [0.717, 1.165) is 44.6 Å². The number of carbonyl (C=O) groups is 1. The van der Waals surface area contributed by atoms with Crippen LogP contribution in [-0.2, 0) is 0 Å². The molecule has 2 aromatic rings. The minimum absolute atomic E-state index is 0.114. The Hall–Kier alpha value is -2.68. The molecule has 0 saturated carbocycles. The number of nitrogens with two attached hydrogens (primary N) is 1. The highest BCUT2D eigenvalue weighted by atomic mass is 16.5. The largest absolute Gasteiger partial charge is 0.478 e. The second-order valence-corrected chi connectivity index (χ2v) is 9.00. The lowest BCUT2D eigenvalue weighted by atomic mass is 9.92. The van der Waals surface area contributed by atoms with Gasteiger partial charge in [0, 0.05) is 31.0 Å². The fraction of sp³-hybridized carbons (Fsp3) is 0.652. The van der Waals surface area contributed by atoms with E-state index in [0.29, 0.717) is 41.2 Å². The molecule has 0 aliphatic carbocycles. The Kier molecular flexibility index (Phi) is 8.06. The number of hydrogen-bond acceptors (Lipinski definition) is 8. The maximum Gasteiger partial charge on any atom is 0.324 e. The third-order valence-electron chi connectivity index (χ3n) is 6.05. The lowest BCUT2D eigenvalue weighted by Gasteiger charge is -2.30. The van der Waals surface area contributed by atoms with Gasteiger partial charge >= 0.3 is 6.01 Å². The maximum atomic E-state index is 11.8. The fourth-order valence-corrected chi connectivity index (χ4v) is 4.05. The Morgan fingerprint density at radius 3 is 2.62 bits per heavy atom. The fourth-order valence-electron chi connectivity index (χ4n) is 4.05. The summed E-state index contributed by atoms with van der Waals surface area (Å²) in [5, 5.41) is 13.6. The number of primary amides is 1. The number of aliphatic hydroxyl groups excluding tert-OH is 1. The zero-order chi connectivity index (χ0) is 23.3. The lowest BCUT2D eigenvalue weighted by Crippen LogP contribution is -2.34. The smallest absolute Gasteiger partial charge is 0.324 e. The monoisotopic (exact) mass is 445 g/mol. The van der Waals surface area contributed by atoms with Gasteiger partial charge in [-0.3, -0.25) is 4.79 Å². The van der Waals surface area contributed by atoms with Crippen molar-refractivity contribution in [2.45, 2.75) is 65.2 Å². The standard InChI is InChI=1S/C23H35N5O4/c1-14(2)22-26-23(32-27-22)28-9-7-17(8-10-28)6-5-11-31-18-12-15(3)19(21(24)30)20(25-18)16(4)13-29/h12,14,16-17,29H,5-11,13H2,1-4H3,(H2,24,30)/t16-/m0/s1. The van der Waals surface area contributed by atoms with E-state index in [4.69, 9.17) is 15.0 Å². The molecular weight excluding hydrogens is 410 g/mol. The summed E-state index contributed by atoms with van der Waals surface area (Å²) in [5.74, 6) is 1.29. The van der Waals surface area contributed by atoms with E-state index < -0.39 is 5.91 Å². The summed E-state index contributed by atoms with van der Waals surface area (Å²) in [6.45, 7) is 10.0. The molecule has 1 aliphatic heterocycles. The highest BCUT2D eigenvalue weighted by Gasteiger charge is 2.24. The molecule has 1 atom stereocenters. The molecule has 1 amide bonds. The van der Waals surface area contributed by atoms with Crippen LogP contribution < -0.4 is 15.4 Å². The van der Waals surface area contributed by atoms with Gasteiger partial charge in [0.1, 0.15) is 0 Å². The Morgan fingerprint density at radius 2 is 2.03 bits per heavy atom. The molecule has 0 unspecified atom stereocenters. The third-order valence-corrected chi connectivity index (χ3v) is 6.05. The molecule has 9 heteroatoms. The van der Waals surface area contributed by atoms with Crippen LogP contribution in [0.1, 0.15) is 85.7 Å². The summed E-state index contributed by atoms with van der Waals surface area (Å²) < 4.78 is 11.3. The van der Waals surface area contributed by atoms with Gasteiger partial charge in [0.25, 0.3) is 5.91 Å². The van der Waals surface area contributed by atoms with E-state index in [1.165, 1.54) is 0 Å². The number of hydrogen-bond donors (Lipinski definition) is 2. The first kappa shape index (κ1) is 24.0. The summed E-state index contributed by atoms with van der Waals surface area (Å²) in [7, 11) is 0. The van der Waals surface area contributed by atoms with Crippen molar-refractivity contribution in [3.63, 3.8) is 0 Å². The van der Waals surface area contributed by atoms with Gasteiger partial charge in [-0.05, 0) is 44.1 Å². The predicted molar refractivity (Wildman–Crippen MR) is 121 cm³/mol. The van der Waals surface area contributed by atoms with Gasteiger partial charge < -0.3 is 25.0 Å². The number of amides is 1. The van der Waals surface area contributed by atoms with Gasteiger partial charge in [-0.2, -0.15) is 4.98 Å². The molecule has 2 aromatic heterocycles. The van der Waals surface area contributed by atoms with E-state index in [1.807, 2.05) is 13.8 Å². The Balaban J connectivity index is 1.46. The van der Waals surface area contributed by atoms with Crippen LogP contribution in [0.15, 0.2) is 10.6 Å². The minimum Gasteiger partial charge on any atom is -0.478 e. The Morgan fingerprint density at radius 1 is 1.31 bits per heavy atom. The van der Waals surface area contributed by atoms with E-state index in [1.54, 1.807) is 6.07 Å². The summed E-state index contributed by atoms with van der Waals surface area (Å²) in [5.41, 5.74) is 7.08. The molecule has 1 aliphatic rings. The van der Waals surface area contributed by atoms with E-state index in [-0.39, 0.29) is 18.4 Å². The zero-order valence-electron chi connectivity index (χ0n) is 19.5. The number of piperidine rings is 1. The number of aryl methyl sites for hydroxylation is 1. The van der Waals surface area contributed by atoms with Gasteiger partial charge in [0.15, 0.2) is 5.82 Å². The first-order valence-electron chi connectivity index (χ1n) is 11.4. The molecule has 3 rings (SSSR count). The van der Waals surface area contributed by atoms with Gasteiger partial charge in [0.05, 0.1) is 24.5 Å². The molecule has 0 aromatic carbocycles. The van der Waals surface area contributed by atoms with Crippen LogP contribution in [0, 0.1) is 12.8 Å². The second kappa shape index (κ2) is 10.8. The molecule has 32 heavy (non-hydrogen) atoms. The van der Waals surface area contributed by atoms with Gasteiger partial charge in [0.2, 0.25) is 5.88 Å². The topological polar surface area (TPSA) is 128 Å². The molecule has 0 spiro atoms. The molecule has 1 saturated heterocycles. The Labute approximate surface area is 189 Å². The van der Waals surface area contributed by atoms with Crippen molar-refractivity contribution in [3.8, 4) is 5.88 Å². The van der Waals surface area contributed by atoms with Crippen molar-refractivity contribution < 1.29 is 19.2 Å². The minimum atomic E-state index is -0.538. The lowest BCUT2D eigenvalue weighted by molar-refractivity contribution is 0.0997. The maximum absolute atomic E-state index is 11.8. The van der Waals surface area contributed by atoms with Crippen LogP contribution in [0.2, 0.25) is 0 Å². The number of pyridine rings is 1. The van der Waals surface area contributed by atoms with Crippen molar-refractivity contribution in [3.05, 3.63) is 28.7 Å². The van der Waals surface area contributed by atoms with Crippen molar-refractivity contribution in [2.24, 2.45) is 11.7 Å². The average molecular weight is 446 g/mol. The SMILES string of the molecule is Cc1cc(OCCCC2CCN(c3nc(C(C)C)no3)CC2)nc([C@@H](C)CO)c1C(N)=O. The van der Waals surface area contributed by atoms with Crippen molar-refractivity contribution in [2.75, 3.05) is 31.2 Å². The molecular formula is C23H35N5O4. The second-order valence-electron chi connectivity index (χ2n) is 9.00. The van der Waals surface area contributed by atoms with E-state index >= 15 is 0 Å². The molecule has 0 bridgehead atoms. The van der Waals surface area contributed by atoms with Crippen LogP contribution in [0.3, 0.4) is 0 Å². The number of nitrogens with zero attached hydrogens (tertiary/aromatic N) is 4. The van der Waals surface area contributed by atoms with Gasteiger partial charge in [-0.15, -0.1) is 0 Å². The first-order chi connectivity index (χ1) is 15.3. The predicted octanol–water partition coefficient (Wildman–Crippen LogP) is 3.17. The number of aromatic nitrogens is 3. The summed E-state index contributed by atoms with van der Waals surface area (Å²) in [4.78, 5) is 22.9. The number of aliphatic hydroxyl groups is 1. The summed E-state index contributed by atoms with van der Waals surface area (Å²) >= 11 is 0. The van der Waals surface area contributed by atoms with E-state index in [9.17, 15) is 9.90 Å². The first-order valence-corrected chi connectivity index (χ1v) is 11.4. The van der Waals surface area contributed by atoms with Gasteiger partial charge in [-0.1, -0.05) is 25.9 Å². The molecule has 176 valence electrons. The van der Waals surface area contributed by atoms with Gasteiger partial charge in [-0.25, -0.2) is 4.98 Å². The van der Waals surface area contributed by atoms with Crippen LogP contribution in [0.25, 0.3) is 0 Å². The van der Waals surface area contributed by atoms with Crippen LogP contribution >= 0.6 is 0 Å². The molecule has 9 nitrogen and oxygen atoms in total. The molecule has 1 fully saturated rings. The number of carbonyl (C=O) groups excluding carboxylic acids is 1. The number of ether oxygens (including phenoxy) is 1. The zero-order valence-corrected chi connectivity index (χ0v) is 19.5. The molecule has 3 N–H and O–H groups in total. The van der Waals surface area contributed by atoms with Crippen LogP contribution in [-0.4, -0.2) is 52.4 Å². The van der Waals surface area contributed by atoms with Crippen LogP contribution in [0.5, 0.6) is 5.88 Å². The van der Waals surface area contributed by atoms with Crippen molar-refractivity contribution >= 4 is 11.9 Å². The van der Waals surface area contributed by atoms with Crippen molar-refractivity contribution in [1.82, 2.24) is 15.1 Å².